The lowest BCUT2D eigenvalue weighted by atomic mass is 10.1. The van der Waals surface area contributed by atoms with Gasteiger partial charge in [-0.05, 0) is 29.7 Å². The van der Waals surface area contributed by atoms with Crippen LogP contribution in [0.2, 0.25) is 0 Å². The molecule has 0 radical (unpaired) electrons. The predicted octanol–water partition coefficient (Wildman–Crippen LogP) is 2.52. The summed E-state index contributed by atoms with van der Waals surface area (Å²) in [5.41, 5.74) is 4.13. The van der Waals surface area contributed by atoms with E-state index in [2.05, 4.69) is 29.9 Å². The quantitative estimate of drug-likeness (QED) is 0.612. The molecule has 0 saturated heterocycles. The van der Waals surface area contributed by atoms with E-state index in [1.165, 1.54) is 0 Å². The molecule has 0 spiro atoms. The maximum Gasteiger partial charge on any atom is 0.140 e. The van der Waals surface area contributed by atoms with Crippen molar-refractivity contribution in [2.75, 3.05) is 0 Å². The smallest absolute Gasteiger partial charge is 0.140 e. The normalized spacial score (nSPS) is 11.0. The van der Waals surface area contributed by atoms with Gasteiger partial charge in [0.1, 0.15) is 17.8 Å². The van der Waals surface area contributed by atoms with Crippen molar-refractivity contribution in [2.45, 2.75) is 19.3 Å². The molecule has 4 aromatic heterocycles. The van der Waals surface area contributed by atoms with Crippen LogP contribution in [0.5, 0.6) is 0 Å². The van der Waals surface area contributed by atoms with Gasteiger partial charge in [-0.3, -0.25) is 4.98 Å². The number of aromatic amines is 1. The summed E-state index contributed by atoms with van der Waals surface area (Å²) in [4.78, 5) is 24.7. The third-order valence-corrected chi connectivity index (χ3v) is 3.93. The van der Waals surface area contributed by atoms with E-state index in [9.17, 15) is 0 Å². The first kappa shape index (κ1) is 14.4. The van der Waals surface area contributed by atoms with E-state index in [1.54, 1.807) is 6.33 Å². The van der Waals surface area contributed by atoms with Crippen LogP contribution in [0.1, 0.15) is 22.6 Å². The highest BCUT2D eigenvalue weighted by Crippen LogP contribution is 2.17. The Morgan fingerprint density at radius 3 is 2.67 bits per heavy atom. The van der Waals surface area contributed by atoms with Gasteiger partial charge in [0.15, 0.2) is 0 Å². The molecule has 6 heteroatoms. The number of H-pyrrole nitrogens is 1. The van der Waals surface area contributed by atoms with Crippen LogP contribution in [0.25, 0.3) is 11.0 Å². The van der Waals surface area contributed by atoms with E-state index in [-0.39, 0.29) is 0 Å². The zero-order valence-corrected chi connectivity index (χ0v) is 13.1. The number of hydrogen-bond donors (Lipinski definition) is 1. The predicted molar refractivity (Wildman–Crippen MR) is 90.4 cm³/mol. The molecule has 24 heavy (non-hydrogen) atoms. The van der Waals surface area contributed by atoms with E-state index in [0.717, 1.165) is 52.9 Å². The first-order valence-corrected chi connectivity index (χ1v) is 7.84. The summed E-state index contributed by atoms with van der Waals surface area (Å²) in [6.07, 6.45) is 13.3. The Hall–Kier alpha value is -3.15. The molecule has 0 fully saturated rings. The summed E-state index contributed by atoms with van der Waals surface area (Å²) in [6.45, 7) is 0. The molecule has 0 atom stereocenters. The van der Waals surface area contributed by atoms with Crippen LogP contribution >= 0.6 is 0 Å². The van der Waals surface area contributed by atoms with Crippen LogP contribution in [0.3, 0.4) is 0 Å². The molecule has 1 N–H and O–H groups in total. The number of pyridine rings is 1. The Balaban J connectivity index is 1.44. The highest BCUT2D eigenvalue weighted by atomic mass is 14.9. The summed E-state index contributed by atoms with van der Waals surface area (Å²) in [5.74, 6) is 0.840. The van der Waals surface area contributed by atoms with Crippen molar-refractivity contribution < 1.29 is 0 Å². The van der Waals surface area contributed by atoms with Gasteiger partial charge in [0, 0.05) is 54.9 Å². The van der Waals surface area contributed by atoms with Crippen LogP contribution in [0.4, 0.5) is 0 Å². The number of aromatic nitrogens is 6. The minimum atomic E-state index is 0.758. The summed E-state index contributed by atoms with van der Waals surface area (Å²) in [6, 6.07) is 5.94. The number of rotatable bonds is 5. The third kappa shape index (κ3) is 3.12. The topological polar surface area (TPSA) is 80.2 Å². The zero-order valence-electron chi connectivity index (χ0n) is 13.1. The maximum absolute atomic E-state index is 4.47. The second-order valence-corrected chi connectivity index (χ2v) is 5.60. The second kappa shape index (κ2) is 6.54. The number of nitrogens with zero attached hydrogens (tertiary/aromatic N) is 5. The SMILES string of the molecule is c1ccc(CCc2ncc(Cc3c[nH]c4ncncc34)cn2)nc1. The van der Waals surface area contributed by atoms with E-state index < -0.39 is 0 Å². The number of aryl methyl sites for hydroxylation is 2. The van der Waals surface area contributed by atoms with Crippen molar-refractivity contribution >= 4 is 11.0 Å². The van der Waals surface area contributed by atoms with Crippen LogP contribution in [0, 0.1) is 0 Å². The van der Waals surface area contributed by atoms with Gasteiger partial charge >= 0.3 is 0 Å². The first-order valence-electron chi connectivity index (χ1n) is 7.84. The van der Waals surface area contributed by atoms with Crippen LogP contribution < -0.4 is 0 Å². The molecule has 0 aliphatic rings. The molecule has 0 amide bonds. The van der Waals surface area contributed by atoms with Crippen molar-refractivity contribution in [1.82, 2.24) is 29.9 Å². The van der Waals surface area contributed by atoms with Gasteiger partial charge in [0.25, 0.3) is 0 Å². The van der Waals surface area contributed by atoms with Crippen LogP contribution in [-0.4, -0.2) is 29.9 Å². The molecule has 0 saturated carbocycles. The van der Waals surface area contributed by atoms with Crippen molar-refractivity contribution in [3.05, 3.63) is 78.2 Å². The molecular weight excluding hydrogens is 300 g/mol. The molecule has 0 aliphatic heterocycles. The minimum Gasteiger partial charge on any atom is -0.346 e. The monoisotopic (exact) mass is 316 g/mol. The van der Waals surface area contributed by atoms with E-state index >= 15 is 0 Å². The first-order chi connectivity index (χ1) is 11.9. The van der Waals surface area contributed by atoms with E-state index in [4.69, 9.17) is 0 Å². The highest BCUT2D eigenvalue weighted by molar-refractivity contribution is 5.78. The Labute approximate surface area is 139 Å². The lowest BCUT2D eigenvalue weighted by Gasteiger charge is -2.03. The lowest BCUT2D eigenvalue weighted by Crippen LogP contribution is -2.00. The molecular formula is C18H16N6. The Bertz CT molecular complexity index is 931. The third-order valence-electron chi connectivity index (χ3n) is 3.93. The van der Waals surface area contributed by atoms with Crippen molar-refractivity contribution in [2.24, 2.45) is 0 Å². The average Bonchev–Trinajstić information content (AvgIpc) is 3.05. The van der Waals surface area contributed by atoms with Gasteiger partial charge in [-0.25, -0.2) is 19.9 Å². The highest BCUT2D eigenvalue weighted by Gasteiger charge is 2.06. The molecule has 118 valence electrons. The van der Waals surface area contributed by atoms with Gasteiger partial charge in [-0.1, -0.05) is 6.07 Å². The minimum absolute atomic E-state index is 0.758. The largest absolute Gasteiger partial charge is 0.346 e. The average molecular weight is 316 g/mol. The molecule has 0 unspecified atom stereocenters. The molecule has 4 rings (SSSR count). The summed E-state index contributed by atoms with van der Waals surface area (Å²) < 4.78 is 0. The van der Waals surface area contributed by atoms with Gasteiger partial charge in [0.05, 0.1) is 0 Å². The van der Waals surface area contributed by atoms with E-state index in [1.807, 2.05) is 49.2 Å². The zero-order chi connectivity index (χ0) is 16.2. The Morgan fingerprint density at radius 2 is 1.83 bits per heavy atom. The molecule has 4 aromatic rings. The Morgan fingerprint density at radius 1 is 0.917 bits per heavy atom. The van der Waals surface area contributed by atoms with Gasteiger partial charge in [-0.2, -0.15) is 0 Å². The van der Waals surface area contributed by atoms with Crippen LogP contribution in [0.15, 0.2) is 55.5 Å². The number of hydrogen-bond acceptors (Lipinski definition) is 5. The van der Waals surface area contributed by atoms with Gasteiger partial charge in [-0.15, -0.1) is 0 Å². The molecule has 0 aromatic carbocycles. The summed E-state index contributed by atoms with van der Waals surface area (Å²) in [7, 11) is 0. The Kier molecular flexibility index (Phi) is 3.93. The van der Waals surface area contributed by atoms with Crippen molar-refractivity contribution in [3.63, 3.8) is 0 Å². The number of fused-ring (bicyclic) bond motifs is 1. The fourth-order valence-corrected chi connectivity index (χ4v) is 2.67. The van der Waals surface area contributed by atoms with Crippen molar-refractivity contribution in [3.8, 4) is 0 Å². The lowest BCUT2D eigenvalue weighted by molar-refractivity contribution is 0.829. The molecule has 0 aliphatic carbocycles. The second-order valence-electron chi connectivity index (χ2n) is 5.60. The van der Waals surface area contributed by atoms with Gasteiger partial charge in [0.2, 0.25) is 0 Å². The summed E-state index contributed by atoms with van der Waals surface area (Å²) >= 11 is 0. The van der Waals surface area contributed by atoms with E-state index in [0.29, 0.717) is 0 Å². The van der Waals surface area contributed by atoms with Gasteiger partial charge < -0.3 is 4.98 Å². The standard InChI is InChI=1S/C18H16N6/c1-2-6-20-15(3-1)4-5-17-21-8-13(9-22-17)7-14-10-23-18-16(14)11-19-12-24-18/h1-3,6,8-12H,4-5,7H2,(H,19,23,24). The summed E-state index contributed by atoms with van der Waals surface area (Å²) in [5, 5.41) is 1.04. The fourth-order valence-electron chi connectivity index (χ4n) is 2.67. The fraction of sp³-hybridized carbons (Fsp3) is 0.167. The maximum atomic E-state index is 4.47. The molecule has 0 bridgehead atoms. The molecule has 6 nitrogen and oxygen atoms in total. The van der Waals surface area contributed by atoms with Crippen LogP contribution in [-0.2, 0) is 19.3 Å². The number of nitrogens with one attached hydrogen (secondary N) is 1. The van der Waals surface area contributed by atoms with Crippen molar-refractivity contribution in [1.29, 1.82) is 0 Å². The molecule has 4 heterocycles.